The Morgan fingerprint density at radius 3 is 2.74 bits per heavy atom. The molecule has 10 heteroatoms. The van der Waals surface area contributed by atoms with Crippen molar-refractivity contribution in [1.82, 2.24) is 14.8 Å². The normalized spacial score (nSPS) is 14.7. The molecule has 0 aliphatic heterocycles. The molecule has 1 aliphatic carbocycles. The van der Waals surface area contributed by atoms with Gasteiger partial charge in [-0.1, -0.05) is 54.6 Å². The van der Waals surface area contributed by atoms with Gasteiger partial charge in [-0.3, -0.25) is 14.2 Å². The number of fused-ring (bicyclic) bond motifs is 1. The number of nitrogens with two attached hydrogens (primary N) is 1. The van der Waals surface area contributed by atoms with Crippen LogP contribution >= 0.6 is 34.4 Å². The van der Waals surface area contributed by atoms with E-state index in [1.54, 1.807) is 17.4 Å². The van der Waals surface area contributed by atoms with Crippen LogP contribution in [0, 0.1) is 19.8 Å². The molecular formula is C29H31N5O2S3. The van der Waals surface area contributed by atoms with Crippen LogP contribution in [-0.4, -0.2) is 32.3 Å². The summed E-state index contributed by atoms with van der Waals surface area (Å²) < 4.78 is 1.99. The molecule has 1 atom stereocenters. The minimum Gasteiger partial charge on any atom is -0.365 e. The molecule has 0 bridgehead atoms. The van der Waals surface area contributed by atoms with Gasteiger partial charge in [0.05, 0.1) is 11.3 Å². The van der Waals surface area contributed by atoms with Crippen molar-refractivity contribution in [3.8, 4) is 22.5 Å². The monoisotopic (exact) mass is 577 g/mol. The van der Waals surface area contributed by atoms with Gasteiger partial charge in [0, 0.05) is 32.8 Å². The zero-order chi connectivity index (χ0) is 27.7. The number of nitrogens with one attached hydrogen (secondary N) is 1. The summed E-state index contributed by atoms with van der Waals surface area (Å²) in [4.78, 5) is 27.6. The number of allylic oxidation sites excluding steroid dienone is 1. The summed E-state index contributed by atoms with van der Waals surface area (Å²) in [5.41, 5.74) is 11.7. The standard InChI is InChI=1S/C29H31N5O2S3/c1-5-12-34-27(21-14-37-18(4)24(21)19-9-6-16(2)7-10-19)32-33-29(34)38-15-23(35)31-28-25(26(30)36)20-11-8-17(3)13-22(20)39-28/h5-7,9-10,14,17H,1,8,11-13,15H2,2-4H3,(H2,30,36)(H,31,35). The molecule has 0 spiro atoms. The number of thioether (sulfide) groups is 1. The lowest BCUT2D eigenvalue weighted by Crippen LogP contribution is -2.20. The van der Waals surface area contributed by atoms with Crippen molar-refractivity contribution in [2.24, 2.45) is 11.7 Å². The lowest BCUT2D eigenvalue weighted by molar-refractivity contribution is -0.113. The number of carbonyl (C=O) groups is 2. The fraction of sp³-hybridized carbons (Fsp3) is 0.310. The van der Waals surface area contributed by atoms with E-state index in [1.165, 1.54) is 33.5 Å². The molecule has 39 heavy (non-hydrogen) atoms. The number of carbonyl (C=O) groups excluding carboxylic acids is 2. The van der Waals surface area contributed by atoms with Crippen LogP contribution in [0.25, 0.3) is 22.5 Å². The fourth-order valence-corrected chi connectivity index (χ4v) is 8.02. The van der Waals surface area contributed by atoms with E-state index in [2.05, 4.69) is 72.5 Å². The van der Waals surface area contributed by atoms with Crippen molar-refractivity contribution in [2.75, 3.05) is 11.1 Å². The molecule has 0 saturated carbocycles. The maximum Gasteiger partial charge on any atom is 0.251 e. The van der Waals surface area contributed by atoms with Crippen LogP contribution in [0.5, 0.6) is 0 Å². The lowest BCUT2D eigenvalue weighted by Gasteiger charge is -2.18. The number of nitrogens with zero attached hydrogens (tertiary/aromatic N) is 3. The number of benzene rings is 1. The first kappa shape index (κ1) is 27.4. The summed E-state index contributed by atoms with van der Waals surface area (Å²) in [5, 5.41) is 15.2. The first-order valence-corrected chi connectivity index (χ1v) is 15.5. The predicted octanol–water partition coefficient (Wildman–Crippen LogP) is 6.49. The average molecular weight is 578 g/mol. The van der Waals surface area contributed by atoms with Crippen molar-refractivity contribution >= 4 is 51.3 Å². The topological polar surface area (TPSA) is 103 Å². The number of hydrogen-bond acceptors (Lipinski definition) is 7. The Bertz CT molecular complexity index is 1550. The maximum atomic E-state index is 13.0. The first-order chi connectivity index (χ1) is 18.8. The van der Waals surface area contributed by atoms with Crippen LogP contribution in [0.3, 0.4) is 0 Å². The van der Waals surface area contributed by atoms with Gasteiger partial charge in [0.15, 0.2) is 11.0 Å². The molecule has 1 unspecified atom stereocenters. The summed E-state index contributed by atoms with van der Waals surface area (Å²) in [5.74, 6) is 0.722. The minimum atomic E-state index is -0.490. The number of anilines is 1. The highest BCUT2D eigenvalue weighted by molar-refractivity contribution is 7.99. The summed E-state index contributed by atoms with van der Waals surface area (Å²) in [6, 6.07) is 8.48. The van der Waals surface area contributed by atoms with Crippen LogP contribution in [0.4, 0.5) is 5.00 Å². The molecule has 5 rings (SSSR count). The molecule has 0 radical (unpaired) electrons. The Hall–Kier alpha value is -3.21. The van der Waals surface area contributed by atoms with E-state index in [-0.39, 0.29) is 11.7 Å². The smallest absolute Gasteiger partial charge is 0.251 e. The largest absolute Gasteiger partial charge is 0.365 e. The van der Waals surface area contributed by atoms with Gasteiger partial charge in [-0.2, -0.15) is 0 Å². The van der Waals surface area contributed by atoms with Crippen molar-refractivity contribution in [2.45, 2.75) is 51.7 Å². The zero-order valence-electron chi connectivity index (χ0n) is 22.2. The molecule has 2 amide bonds. The van der Waals surface area contributed by atoms with Crippen molar-refractivity contribution in [3.05, 3.63) is 68.7 Å². The van der Waals surface area contributed by atoms with E-state index in [1.807, 2.05) is 4.57 Å². The molecule has 202 valence electrons. The Labute approximate surface area is 240 Å². The van der Waals surface area contributed by atoms with Crippen molar-refractivity contribution in [3.63, 3.8) is 0 Å². The highest BCUT2D eigenvalue weighted by atomic mass is 32.2. The average Bonchev–Trinajstić information content (AvgIpc) is 3.58. The van der Waals surface area contributed by atoms with E-state index in [9.17, 15) is 9.59 Å². The zero-order valence-corrected chi connectivity index (χ0v) is 24.7. The number of amides is 2. The number of primary amides is 1. The van der Waals surface area contributed by atoms with E-state index < -0.39 is 5.91 Å². The number of thiophene rings is 2. The fourth-order valence-electron chi connectivity index (χ4n) is 4.98. The van der Waals surface area contributed by atoms with Crippen molar-refractivity contribution < 1.29 is 9.59 Å². The molecule has 1 aromatic carbocycles. The summed E-state index contributed by atoms with van der Waals surface area (Å²) in [6.45, 7) is 10.8. The number of aryl methyl sites for hydroxylation is 2. The van der Waals surface area contributed by atoms with Crippen LogP contribution in [0.1, 0.15) is 44.6 Å². The minimum absolute atomic E-state index is 0.125. The molecule has 1 aliphatic rings. The van der Waals surface area contributed by atoms with E-state index in [4.69, 9.17) is 5.73 Å². The van der Waals surface area contributed by atoms with Crippen LogP contribution in [0.2, 0.25) is 0 Å². The number of rotatable bonds is 9. The highest BCUT2D eigenvalue weighted by Gasteiger charge is 2.27. The third-order valence-corrected chi connectivity index (χ3v) is 9.98. The summed E-state index contributed by atoms with van der Waals surface area (Å²) in [7, 11) is 0. The van der Waals surface area contributed by atoms with Gasteiger partial charge < -0.3 is 11.1 Å². The highest BCUT2D eigenvalue weighted by Crippen LogP contribution is 2.41. The molecular weight excluding hydrogens is 547 g/mol. The molecule has 3 aromatic heterocycles. The second-order valence-corrected chi connectivity index (χ2v) is 13.0. The van der Waals surface area contributed by atoms with Gasteiger partial charge in [0.25, 0.3) is 5.91 Å². The third kappa shape index (κ3) is 5.59. The summed E-state index contributed by atoms with van der Waals surface area (Å²) >= 11 is 4.46. The summed E-state index contributed by atoms with van der Waals surface area (Å²) in [6.07, 6.45) is 4.54. The SMILES string of the molecule is C=CCn1c(SCC(=O)Nc2sc3c(c2C(N)=O)CCC(C)C3)nnc1-c1csc(C)c1-c1ccc(C)cc1. The van der Waals surface area contributed by atoms with Gasteiger partial charge in [0.2, 0.25) is 5.91 Å². The van der Waals surface area contributed by atoms with Gasteiger partial charge in [-0.15, -0.1) is 39.4 Å². The second kappa shape index (κ2) is 11.5. The molecule has 3 heterocycles. The molecule has 0 fully saturated rings. The van der Waals surface area contributed by atoms with Gasteiger partial charge in [-0.05, 0) is 50.2 Å². The number of hydrogen-bond donors (Lipinski definition) is 2. The lowest BCUT2D eigenvalue weighted by atomic mass is 9.88. The Morgan fingerprint density at radius 1 is 1.26 bits per heavy atom. The van der Waals surface area contributed by atoms with Gasteiger partial charge in [0.1, 0.15) is 5.00 Å². The van der Waals surface area contributed by atoms with Crippen LogP contribution in [-0.2, 0) is 24.2 Å². The predicted molar refractivity (Wildman–Crippen MR) is 162 cm³/mol. The quantitative estimate of drug-likeness (QED) is 0.175. The van der Waals surface area contributed by atoms with Gasteiger partial charge in [-0.25, -0.2) is 0 Å². The Kier molecular flexibility index (Phi) is 8.06. The van der Waals surface area contributed by atoms with E-state index >= 15 is 0 Å². The molecule has 4 aromatic rings. The molecule has 3 N–H and O–H groups in total. The van der Waals surface area contributed by atoms with Gasteiger partial charge >= 0.3 is 0 Å². The van der Waals surface area contributed by atoms with Crippen LogP contribution in [0.15, 0.2) is 47.5 Å². The number of aromatic nitrogens is 3. The van der Waals surface area contributed by atoms with Crippen molar-refractivity contribution in [1.29, 1.82) is 0 Å². The third-order valence-electron chi connectivity index (χ3n) is 6.93. The maximum absolute atomic E-state index is 13.0. The van der Waals surface area contributed by atoms with E-state index in [0.29, 0.717) is 28.2 Å². The Balaban J connectivity index is 1.37. The molecule has 7 nitrogen and oxygen atoms in total. The van der Waals surface area contributed by atoms with E-state index in [0.717, 1.165) is 52.2 Å². The Morgan fingerprint density at radius 2 is 2.03 bits per heavy atom. The first-order valence-electron chi connectivity index (χ1n) is 12.8. The second-order valence-electron chi connectivity index (χ2n) is 9.91. The van der Waals surface area contributed by atoms with Crippen LogP contribution < -0.4 is 11.1 Å². The molecule has 0 saturated heterocycles.